The number of fused-ring (bicyclic) bond motifs is 2. The highest BCUT2D eigenvalue weighted by atomic mass is 32.2. The Kier molecular flexibility index (Phi) is 4.60. The van der Waals surface area contributed by atoms with Gasteiger partial charge in [-0.1, -0.05) is 12.5 Å². The minimum absolute atomic E-state index is 0.157. The van der Waals surface area contributed by atoms with Crippen LogP contribution in [-0.2, 0) is 14.8 Å². The lowest BCUT2D eigenvalue weighted by molar-refractivity contribution is -0.120. The van der Waals surface area contributed by atoms with Gasteiger partial charge in [0, 0.05) is 6.04 Å². The monoisotopic (exact) mass is 350 g/mol. The number of sulfonamides is 1. The average molecular weight is 350 g/mol. The van der Waals surface area contributed by atoms with Crippen LogP contribution >= 0.6 is 0 Å². The van der Waals surface area contributed by atoms with Gasteiger partial charge in [0.05, 0.1) is 11.9 Å². The Morgan fingerprint density at radius 2 is 1.83 bits per heavy atom. The van der Waals surface area contributed by atoms with E-state index in [1.54, 1.807) is 12.1 Å². The molecule has 0 aliphatic heterocycles. The summed E-state index contributed by atoms with van der Waals surface area (Å²) in [7, 11) is -3.52. The minimum atomic E-state index is -3.52. The highest BCUT2D eigenvalue weighted by Gasteiger charge is 2.40. The molecule has 3 rings (SSSR count). The van der Waals surface area contributed by atoms with Crippen LogP contribution in [0.25, 0.3) is 0 Å². The number of nitrogens with zero attached hydrogens (tertiary/aromatic N) is 1. The van der Waals surface area contributed by atoms with Crippen LogP contribution in [0.15, 0.2) is 18.2 Å². The number of amides is 1. The summed E-state index contributed by atoms with van der Waals surface area (Å²) in [6.07, 6.45) is 5.85. The van der Waals surface area contributed by atoms with Gasteiger partial charge in [-0.05, 0) is 68.2 Å². The molecule has 3 atom stereocenters. The van der Waals surface area contributed by atoms with Gasteiger partial charge in [0.25, 0.3) is 0 Å². The molecule has 6 heteroatoms. The number of benzene rings is 1. The summed E-state index contributed by atoms with van der Waals surface area (Å²) in [6, 6.07) is 5.81. The van der Waals surface area contributed by atoms with E-state index in [0.717, 1.165) is 29.7 Å². The van der Waals surface area contributed by atoms with Gasteiger partial charge in [0.1, 0.15) is 6.54 Å². The molecule has 5 nitrogen and oxygen atoms in total. The van der Waals surface area contributed by atoms with Crippen molar-refractivity contribution in [2.75, 3.05) is 17.1 Å². The second-order valence-electron chi connectivity index (χ2n) is 7.46. The number of hydrogen-bond acceptors (Lipinski definition) is 3. The molecular formula is C18H26N2O3S. The molecule has 1 aromatic rings. The first-order valence-electron chi connectivity index (χ1n) is 8.58. The van der Waals surface area contributed by atoms with Gasteiger partial charge in [0.15, 0.2) is 0 Å². The van der Waals surface area contributed by atoms with Crippen molar-refractivity contribution >= 4 is 21.6 Å². The van der Waals surface area contributed by atoms with E-state index in [-0.39, 0.29) is 18.5 Å². The largest absolute Gasteiger partial charge is 0.352 e. The molecule has 1 amide bonds. The molecule has 0 radical (unpaired) electrons. The Labute approximate surface area is 144 Å². The Morgan fingerprint density at radius 3 is 2.33 bits per heavy atom. The fourth-order valence-electron chi connectivity index (χ4n) is 4.30. The van der Waals surface area contributed by atoms with Gasteiger partial charge in [-0.2, -0.15) is 0 Å². The molecule has 2 aliphatic rings. The number of nitrogens with one attached hydrogen (secondary N) is 1. The molecule has 0 spiro atoms. The third-order valence-corrected chi connectivity index (χ3v) is 6.41. The molecule has 2 aliphatic carbocycles. The third kappa shape index (κ3) is 3.74. The molecule has 2 bridgehead atoms. The summed E-state index contributed by atoms with van der Waals surface area (Å²) < 4.78 is 25.6. The lowest BCUT2D eigenvalue weighted by Gasteiger charge is -2.26. The fourth-order valence-corrected chi connectivity index (χ4v) is 5.14. The van der Waals surface area contributed by atoms with Crippen molar-refractivity contribution in [2.24, 2.45) is 11.8 Å². The van der Waals surface area contributed by atoms with Crippen molar-refractivity contribution < 1.29 is 13.2 Å². The second-order valence-corrected chi connectivity index (χ2v) is 9.37. The zero-order chi connectivity index (χ0) is 17.5. The fraction of sp³-hybridized carbons (Fsp3) is 0.611. The van der Waals surface area contributed by atoms with E-state index in [0.29, 0.717) is 11.6 Å². The zero-order valence-corrected chi connectivity index (χ0v) is 15.4. The van der Waals surface area contributed by atoms with Crippen molar-refractivity contribution in [2.45, 2.75) is 45.6 Å². The van der Waals surface area contributed by atoms with Gasteiger partial charge < -0.3 is 5.32 Å². The Balaban J connectivity index is 1.74. The Bertz CT molecular complexity index is 724. The summed E-state index contributed by atoms with van der Waals surface area (Å²) >= 11 is 0. The van der Waals surface area contributed by atoms with Gasteiger partial charge in [-0.3, -0.25) is 9.10 Å². The number of rotatable bonds is 5. The van der Waals surface area contributed by atoms with E-state index >= 15 is 0 Å². The van der Waals surface area contributed by atoms with Crippen LogP contribution in [0.5, 0.6) is 0 Å². The van der Waals surface area contributed by atoms with E-state index < -0.39 is 10.0 Å². The molecule has 2 saturated carbocycles. The maximum atomic E-state index is 12.5. The van der Waals surface area contributed by atoms with Gasteiger partial charge in [-0.15, -0.1) is 0 Å². The van der Waals surface area contributed by atoms with Crippen molar-refractivity contribution in [1.82, 2.24) is 5.32 Å². The zero-order valence-electron chi connectivity index (χ0n) is 14.6. The average Bonchev–Trinajstić information content (AvgIpc) is 3.04. The predicted molar refractivity (Wildman–Crippen MR) is 95.5 cm³/mol. The maximum Gasteiger partial charge on any atom is 0.241 e. The second kappa shape index (κ2) is 6.39. The van der Waals surface area contributed by atoms with E-state index in [9.17, 15) is 13.2 Å². The maximum absolute atomic E-state index is 12.5. The van der Waals surface area contributed by atoms with Gasteiger partial charge >= 0.3 is 0 Å². The first-order chi connectivity index (χ1) is 11.2. The van der Waals surface area contributed by atoms with Crippen LogP contribution in [0.1, 0.15) is 36.8 Å². The highest BCUT2D eigenvalue weighted by Crippen LogP contribution is 2.44. The lowest BCUT2D eigenvalue weighted by atomic mass is 9.95. The normalized spacial score (nSPS) is 25.7. The SMILES string of the molecule is Cc1cc(C)cc(N(CC(=O)N[C@H]2C[C@@H]3CC[C@H]2C3)S(C)(=O)=O)c1. The molecule has 1 aromatic carbocycles. The van der Waals surface area contributed by atoms with E-state index in [4.69, 9.17) is 0 Å². The smallest absolute Gasteiger partial charge is 0.241 e. The van der Waals surface area contributed by atoms with E-state index in [1.165, 1.54) is 23.6 Å². The van der Waals surface area contributed by atoms with Crippen LogP contribution < -0.4 is 9.62 Å². The van der Waals surface area contributed by atoms with Gasteiger partial charge in [0.2, 0.25) is 15.9 Å². The standard InChI is InChI=1S/C18H26N2O3S/c1-12-6-13(2)8-16(7-12)20(24(3,22)23)11-18(21)19-17-10-14-4-5-15(17)9-14/h6-8,14-15,17H,4-5,9-11H2,1-3H3,(H,19,21)/t14-,15+,17+/m1/s1. The molecule has 2 fully saturated rings. The molecule has 0 saturated heterocycles. The quantitative estimate of drug-likeness (QED) is 0.886. The third-order valence-electron chi connectivity index (χ3n) is 5.27. The van der Waals surface area contributed by atoms with E-state index in [2.05, 4.69) is 5.32 Å². The van der Waals surface area contributed by atoms with Crippen LogP contribution in [0, 0.1) is 25.7 Å². The summed E-state index contributed by atoms with van der Waals surface area (Å²) in [4.78, 5) is 12.5. The summed E-state index contributed by atoms with van der Waals surface area (Å²) in [5.74, 6) is 1.11. The van der Waals surface area contributed by atoms with Crippen LogP contribution in [0.2, 0.25) is 0 Å². The summed E-state index contributed by atoms with van der Waals surface area (Å²) in [5, 5.41) is 3.07. The molecule has 132 valence electrons. The van der Waals surface area contributed by atoms with Crippen molar-refractivity contribution in [3.63, 3.8) is 0 Å². The van der Waals surface area contributed by atoms with Crippen molar-refractivity contribution in [3.05, 3.63) is 29.3 Å². The van der Waals surface area contributed by atoms with Gasteiger partial charge in [-0.25, -0.2) is 8.42 Å². The minimum Gasteiger partial charge on any atom is -0.352 e. The predicted octanol–water partition coefficient (Wildman–Crippen LogP) is 2.37. The topological polar surface area (TPSA) is 66.5 Å². The van der Waals surface area contributed by atoms with Crippen LogP contribution in [0.4, 0.5) is 5.69 Å². The number of hydrogen-bond donors (Lipinski definition) is 1. The van der Waals surface area contributed by atoms with Crippen molar-refractivity contribution in [1.29, 1.82) is 0 Å². The number of aryl methyl sites for hydroxylation is 2. The van der Waals surface area contributed by atoms with Crippen LogP contribution in [0.3, 0.4) is 0 Å². The first kappa shape index (κ1) is 17.3. The number of anilines is 1. The van der Waals surface area contributed by atoms with Crippen molar-refractivity contribution in [3.8, 4) is 0 Å². The summed E-state index contributed by atoms with van der Waals surface area (Å²) in [6.45, 7) is 3.69. The van der Waals surface area contributed by atoms with Crippen LogP contribution in [-0.4, -0.2) is 33.2 Å². The molecule has 0 unspecified atom stereocenters. The molecular weight excluding hydrogens is 324 g/mol. The Morgan fingerprint density at radius 1 is 1.17 bits per heavy atom. The Hall–Kier alpha value is -1.56. The number of carbonyl (C=O) groups excluding carboxylic acids is 1. The number of carbonyl (C=O) groups is 1. The summed E-state index contributed by atoms with van der Waals surface area (Å²) in [5.41, 5.74) is 2.51. The van der Waals surface area contributed by atoms with E-state index in [1.807, 2.05) is 19.9 Å². The molecule has 0 heterocycles. The highest BCUT2D eigenvalue weighted by molar-refractivity contribution is 7.92. The molecule has 24 heavy (non-hydrogen) atoms. The molecule has 1 N–H and O–H groups in total. The first-order valence-corrected chi connectivity index (χ1v) is 10.4. The lowest BCUT2D eigenvalue weighted by Crippen LogP contribution is -2.45. The molecule has 0 aromatic heterocycles.